The van der Waals surface area contributed by atoms with Crippen LogP contribution in [0.5, 0.6) is 11.5 Å². The Balaban J connectivity index is 1.49. The number of hydrogen-bond acceptors (Lipinski definition) is 5. The zero-order valence-corrected chi connectivity index (χ0v) is 15.1. The highest BCUT2D eigenvalue weighted by molar-refractivity contribution is 5.89. The van der Waals surface area contributed by atoms with Crippen LogP contribution < -0.4 is 20.1 Å². The van der Waals surface area contributed by atoms with Gasteiger partial charge in [-0.05, 0) is 19.1 Å². The summed E-state index contributed by atoms with van der Waals surface area (Å²) >= 11 is 0. The fourth-order valence-corrected chi connectivity index (χ4v) is 2.78. The number of nitrogens with zero attached hydrogens (tertiary/aromatic N) is 2. The number of carbonyl (C=O) groups excluding carboxylic acids is 1. The number of carbonyl (C=O) groups is 1. The van der Waals surface area contributed by atoms with Crippen molar-refractivity contribution in [2.45, 2.75) is 19.9 Å². The minimum absolute atomic E-state index is 0.270. The number of hydrogen-bond donors (Lipinski definition) is 2. The number of urea groups is 1. The van der Waals surface area contributed by atoms with E-state index in [1.165, 1.54) is 0 Å². The van der Waals surface area contributed by atoms with Gasteiger partial charge in [-0.1, -0.05) is 0 Å². The maximum atomic E-state index is 12.1. The number of amides is 2. The van der Waals surface area contributed by atoms with Crippen LogP contribution in [0.2, 0.25) is 0 Å². The highest BCUT2D eigenvalue weighted by atomic mass is 16.6. The van der Waals surface area contributed by atoms with Gasteiger partial charge in [-0.15, -0.1) is 0 Å². The molecule has 1 aliphatic rings. The highest BCUT2D eigenvalue weighted by Gasteiger charge is 2.13. The van der Waals surface area contributed by atoms with Crippen LogP contribution in [0.25, 0.3) is 0 Å². The smallest absolute Gasteiger partial charge is 0.319 e. The van der Waals surface area contributed by atoms with Crippen molar-refractivity contribution in [3.05, 3.63) is 35.9 Å². The molecule has 0 atom stereocenters. The van der Waals surface area contributed by atoms with Crippen molar-refractivity contribution in [1.82, 2.24) is 14.9 Å². The van der Waals surface area contributed by atoms with Gasteiger partial charge in [0.05, 0.1) is 6.61 Å². The Morgan fingerprint density at radius 1 is 1.31 bits per heavy atom. The van der Waals surface area contributed by atoms with Crippen LogP contribution in [0.15, 0.2) is 24.4 Å². The molecule has 8 nitrogen and oxygen atoms in total. The van der Waals surface area contributed by atoms with E-state index in [1.54, 1.807) is 25.3 Å². The first-order chi connectivity index (χ1) is 12.7. The van der Waals surface area contributed by atoms with Crippen molar-refractivity contribution in [1.29, 1.82) is 0 Å². The molecule has 1 aromatic heterocycles. The standard InChI is InChI=1S/C18H24N4O4/c1-13-12-20-17(22(13)7-8-24-2)5-6-19-18(23)21-14-3-4-15-16(11-14)26-10-9-25-15/h3-4,11-12H,5-10H2,1-2H3,(H2,19,21,23). The number of rotatable bonds is 7. The Kier molecular flexibility index (Phi) is 5.96. The summed E-state index contributed by atoms with van der Waals surface area (Å²) in [6.45, 7) is 4.93. The third-order valence-corrected chi connectivity index (χ3v) is 4.09. The van der Waals surface area contributed by atoms with E-state index < -0.39 is 0 Å². The monoisotopic (exact) mass is 360 g/mol. The average Bonchev–Trinajstić information content (AvgIpc) is 2.99. The first-order valence-corrected chi connectivity index (χ1v) is 8.62. The van der Waals surface area contributed by atoms with Gasteiger partial charge in [-0.25, -0.2) is 9.78 Å². The quantitative estimate of drug-likeness (QED) is 0.788. The Bertz CT molecular complexity index is 760. The summed E-state index contributed by atoms with van der Waals surface area (Å²) in [5.74, 6) is 2.27. The molecule has 0 aliphatic carbocycles. The Morgan fingerprint density at radius 2 is 2.12 bits per heavy atom. The lowest BCUT2D eigenvalue weighted by Gasteiger charge is -2.19. The molecule has 0 radical (unpaired) electrons. The molecule has 140 valence electrons. The molecule has 2 aromatic rings. The topological polar surface area (TPSA) is 86.6 Å². The summed E-state index contributed by atoms with van der Waals surface area (Å²) in [7, 11) is 1.68. The molecular formula is C18H24N4O4. The van der Waals surface area contributed by atoms with Gasteiger partial charge in [0.25, 0.3) is 0 Å². The lowest BCUT2D eigenvalue weighted by molar-refractivity contribution is 0.171. The molecule has 26 heavy (non-hydrogen) atoms. The summed E-state index contributed by atoms with van der Waals surface area (Å²) in [6, 6.07) is 5.07. The molecule has 0 saturated carbocycles. The van der Waals surface area contributed by atoms with Crippen LogP contribution in [-0.4, -0.2) is 49.1 Å². The molecule has 0 spiro atoms. The molecular weight excluding hydrogens is 336 g/mol. The highest BCUT2D eigenvalue weighted by Crippen LogP contribution is 2.32. The molecule has 0 unspecified atom stereocenters. The van der Waals surface area contributed by atoms with Gasteiger partial charge in [0.1, 0.15) is 19.0 Å². The summed E-state index contributed by atoms with van der Waals surface area (Å²) in [5.41, 5.74) is 1.74. The van der Waals surface area contributed by atoms with Crippen molar-refractivity contribution in [3.63, 3.8) is 0 Å². The fourth-order valence-electron chi connectivity index (χ4n) is 2.78. The molecule has 2 heterocycles. The zero-order chi connectivity index (χ0) is 18.4. The maximum absolute atomic E-state index is 12.1. The second kappa shape index (κ2) is 8.57. The Hall–Kier alpha value is -2.74. The lowest BCUT2D eigenvalue weighted by atomic mass is 10.2. The Morgan fingerprint density at radius 3 is 2.92 bits per heavy atom. The summed E-state index contributed by atoms with van der Waals surface area (Å²) in [6.07, 6.45) is 2.48. The third-order valence-electron chi connectivity index (χ3n) is 4.09. The normalized spacial score (nSPS) is 12.7. The number of aryl methyl sites for hydroxylation is 1. The van der Waals surface area contributed by atoms with E-state index in [-0.39, 0.29) is 6.03 Å². The number of nitrogens with one attached hydrogen (secondary N) is 2. The number of benzene rings is 1. The van der Waals surface area contributed by atoms with Crippen molar-refractivity contribution in [2.75, 3.05) is 38.8 Å². The van der Waals surface area contributed by atoms with Gasteiger partial charge in [-0.3, -0.25) is 0 Å². The van der Waals surface area contributed by atoms with Crippen molar-refractivity contribution >= 4 is 11.7 Å². The number of fused-ring (bicyclic) bond motifs is 1. The minimum atomic E-state index is -0.270. The molecule has 2 N–H and O–H groups in total. The number of anilines is 1. The SMILES string of the molecule is COCCn1c(C)cnc1CCNC(=O)Nc1ccc2c(c1)OCCO2. The van der Waals surface area contributed by atoms with Gasteiger partial charge in [-0.2, -0.15) is 0 Å². The van der Waals surface area contributed by atoms with Crippen LogP contribution in [0, 0.1) is 6.92 Å². The van der Waals surface area contributed by atoms with Gasteiger partial charge in [0.2, 0.25) is 0 Å². The number of ether oxygens (including phenoxy) is 3. The Labute approximate surface area is 152 Å². The molecule has 2 amide bonds. The molecule has 0 bridgehead atoms. The van der Waals surface area contributed by atoms with Crippen LogP contribution in [0.3, 0.4) is 0 Å². The second-order valence-corrected chi connectivity index (χ2v) is 5.95. The van der Waals surface area contributed by atoms with E-state index in [2.05, 4.69) is 20.2 Å². The molecule has 8 heteroatoms. The molecule has 1 aliphatic heterocycles. The lowest BCUT2D eigenvalue weighted by Crippen LogP contribution is -2.31. The van der Waals surface area contributed by atoms with Crippen LogP contribution in [0.4, 0.5) is 10.5 Å². The van der Waals surface area contributed by atoms with Crippen molar-refractivity contribution < 1.29 is 19.0 Å². The van der Waals surface area contributed by atoms with E-state index in [4.69, 9.17) is 14.2 Å². The number of aromatic nitrogens is 2. The van der Waals surface area contributed by atoms with Crippen LogP contribution in [0.1, 0.15) is 11.5 Å². The van der Waals surface area contributed by atoms with E-state index >= 15 is 0 Å². The van der Waals surface area contributed by atoms with E-state index in [0.717, 1.165) is 18.1 Å². The molecule has 1 aromatic carbocycles. The van der Waals surface area contributed by atoms with Crippen LogP contribution in [-0.2, 0) is 17.7 Å². The molecule has 3 rings (SSSR count). The van der Waals surface area contributed by atoms with Gasteiger partial charge in [0, 0.05) is 50.3 Å². The fraction of sp³-hybridized carbons (Fsp3) is 0.444. The van der Waals surface area contributed by atoms with E-state index in [9.17, 15) is 4.79 Å². The van der Waals surface area contributed by atoms with E-state index in [0.29, 0.717) is 50.0 Å². The maximum Gasteiger partial charge on any atom is 0.319 e. The average molecular weight is 360 g/mol. The predicted octanol–water partition coefficient (Wildman–Crippen LogP) is 1.97. The molecule has 0 saturated heterocycles. The molecule has 0 fully saturated rings. The van der Waals surface area contributed by atoms with Gasteiger partial charge >= 0.3 is 6.03 Å². The third kappa shape index (κ3) is 4.45. The largest absolute Gasteiger partial charge is 0.486 e. The van der Waals surface area contributed by atoms with Crippen molar-refractivity contribution in [3.8, 4) is 11.5 Å². The first kappa shape index (κ1) is 18.1. The minimum Gasteiger partial charge on any atom is -0.486 e. The number of methoxy groups -OCH3 is 1. The summed E-state index contributed by atoms with van der Waals surface area (Å²) < 4.78 is 18.2. The first-order valence-electron chi connectivity index (χ1n) is 8.62. The van der Waals surface area contributed by atoms with Gasteiger partial charge in [0.15, 0.2) is 11.5 Å². The summed E-state index contributed by atoms with van der Waals surface area (Å²) in [4.78, 5) is 16.5. The van der Waals surface area contributed by atoms with E-state index in [1.807, 2.05) is 13.1 Å². The predicted molar refractivity (Wildman–Crippen MR) is 97.0 cm³/mol. The number of imidazole rings is 1. The zero-order valence-electron chi connectivity index (χ0n) is 15.1. The van der Waals surface area contributed by atoms with Gasteiger partial charge < -0.3 is 29.4 Å². The van der Waals surface area contributed by atoms with Crippen molar-refractivity contribution in [2.24, 2.45) is 0 Å². The summed E-state index contributed by atoms with van der Waals surface area (Å²) in [5, 5.41) is 5.65. The second-order valence-electron chi connectivity index (χ2n) is 5.95. The van der Waals surface area contributed by atoms with Crippen LogP contribution >= 0.6 is 0 Å².